The molecule has 0 aliphatic carbocycles. The second kappa shape index (κ2) is 4.89. The number of amides is 1. The van der Waals surface area contributed by atoms with Gasteiger partial charge in [-0.25, -0.2) is 0 Å². The molecule has 1 aromatic rings. The van der Waals surface area contributed by atoms with Crippen molar-refractivity contribution in [3.05, 3.63) is 24.3 Å². The number of benzene rings is 1. The third kappa shape index (κ3) is 2.23. The summed E-state index contributed by atoms with van der Waals surface area (Å²) in [7, 11) is 0. The molecule has 4 heteroatoms. The second-order valence-corrected chi connectivity index (χ2v) is 5.07. The molecule has 0 saturated carbocycles. The molecule has 0 radical (unpaired) electrons. The van der Waals surface area contributed by atoms with E-state index in [1.807, 2.05) is 31.2 Å². The summed E-state index contributed by atoms with van der Waals surface area (Å²) in [6.45, 7) is 2.64. The number of anilines is 1. The lowest BCUT2D eigenvalue weighted by molar-refractivity contribution is -0.116. The lowest BCUT2D eigenvalue weighted by Gasteiger charge is -2.30. The fraction of sp³-hybridized carbons (Fsp3) is 0.417. The molecule has 3 nitrogen and oxygen atoms in total. The van der Waals surface area contributed by atoms with Crippen LogP contribution in [0.5, 0.6) is 0 Å². The highest BCUT2D eigenvalue weighted by Gasteiger charge is 2.25. The quantitative estimate of drug-likeness (QED) is 0.870. The molecule has 16 heavy (non-hydrogen) atoms. The monoisotopic (exact) mass is 237 g/mol. The standard InChI is InChI=1S/C12H15NO2S/c1-9(7-14)6-13-10-4-2-3-5-11(10)16-8-12(13)15/h2-5,9,14H,6-8H2,1H3/t9-/m0/s1. The molecule has 1 aliphatic rings. The Balaban J connectivity index is 2.26. The SMILES string of the molecule is C[C@H](CO)CN1C(=O)CSc2ccccc21. The first-order valence-corrected chi connectivity index (χ1v) is 6.34. The van der Waals surface area contributed by atoms with E-state index in [1.165, 1.54) is 0 Å². The van der Waals surface area contributed by atoms with Gasteiger partial charge in [0.1, 0.15) is 0 Å². The van der Waals surface area contributed by atoms with Crippen molar-refractivity contribution in [1.82, 2.24) is 0 Å². The topological polar surface area (TPSA) is 40.5 Å². The van der Waals surface area contributed by atoms with Crippen LogP contribution in [0.1, 0.15) is 6.92 Å². The Hall–Kier alpha value is -1.00. The normalized spacial score (nSPS) is 17.1. The van der Waals surface area contributed by atoms with Gasteiger partial charge in [0.25, 0.3) is 0 Å². The number of carbonyl (C=O) groups excluding carboxylic acids is 1. The summed E-state index contributed by atoms with van der Waals surface area (Å²) < 4.78 is 0. The largest absolute Gasteiger partial charge is 0.396 e. The van der Waals surface area contributed by atoms with Crippen molar-refractivity contribution < 1.29 is 9.90 Å². The van der Waals surface area contributed by atoms with Crippen LogP contribution in [0.3, 0.4) is 0 Å². The second-order valence-electron chi connectivity index (χ2n) is 4.05. The fourth-order valence-electron chi connectivity index (χ4n) is 1.72. The number of thioether (sulfide) groups is 1. The molecule has 0 saturated heterocycles. The highest BCUT2D eigenvalue weighted by molar-refractivity contribution is 8.00. The van der Waals surface area contributed by atoms with E-state index < -0.39 is 0 Å². The van der Waals surface area contributed by atoms with Crippen LogP contribution in [0.15, 0.2) is 29.2 Å². The average molecular weight is 237 g/mol. The Labute approximate surface area is 99.5 Å². The molecule has 1 aromatic carbocycles. The molecule has 1 amide bonds. The molecule has 1 atom stereocenters. The lowest BCUT2D eigenvalue weighted by Crippen LogP contribution is -2.39. The molecule has 1 heterocycles. The molecule has 1 N–H and O–H groups in total. The van der Waals surface area contributed by atoms with Gasteiger partial charge in [-0.2, -0.15) is 0 Å². The number of hydrogen-bond donors (Lipinski definition) is 1. The summed E-state index contributed by atoms with van der Waals surface area (Å²) in [5.41, 5.74) is 0.976. The van der Waals surface area contributed by atoms with E-state index in [2.05, 4.69) is 0 Å². The molecular weight excluding hydrogens is 222 g/mol. The van der Waals surface area contributed by atoms with Gasteiger partial charge >= 0.3 is 0 Å². The van der Waals surface area contributed by atoms with Crippen LogP contribution in [-0.4, -0.2) is 29.9 Å². The van der Waals surface area contributed by atoms with Crippen molar-refractivity contribution in [3.63, 3.8) is 0 Å². The van der Waals surface area contributed by atoms with E-state index in [0.29, 0.717) is 12.3 Å². The Morgan fingerprint density at radius 2 is 2.25 bits per heavy atom. The maximum absolute atomic E-state index is 11.8. The minimum Gasteiger partial charge on any atom is -0.396 e. The predicted octanol–water partition coefficient (Wildman–Crippen LogP) is 1.75. The summed E-state index contributed by atoms with van der Waals surface area (Å²) in [4.78, 5) is 14.8. The lowest BCUT2D eigenvalue weighted by atomic mass is 10.1. The highest BCUT2D eigenvalue weighted by atomic mass is 32.2. The highest BCUT2D eigenvalue weighted by Crippen LogP contribution is 2.35. The molecule has 86 valence electrons. The summed E-state index contributed by atoms with van der Waals surface area (Å²) in [6, 6.07) is 7.91. The molecule has 0 bridgehead atoms. The van der Waals surface area contributed by atoms with E-state index in [4.69, 9.17) is 5.11 Å². The Morgan fingerprint density at radius 1 is 1.50 bits per heavy atom. The fourth-order valence-corrected chi connectivity index (χ4v) is 2.66. The van der Waals surface area contributed by atoms with Gasteiger partial charge in [0.05, 0.1) is 11.4 Å². The molecule has 0 aromatic heterocycles. The summed E-state index contributed by atoms with van der Waals surface area (Å²) in [6.07, 6.45) is 0. The number of carbonyl (C=O) groups is 1. The molecule has 1 aliphatic heterocycles. The van der Waals surface area contributed by atoms with Crippen LogP contribution in [0.2, 0.25) is 0 Å². The zero-order valence-electron chi connectivity index (χ0n) is 9.22. The van der Waals surface area contributed by atoms with E-state index in [-0.39, 0.29) is 18.4 Å². The molecular formula is C12H15NO2S. The third-order valence-electron chi connectivity index (χ3n) is 2.61. The minimum absolute atomic E-state index is 0.110. The van der Waals surface area contributed by atoms with Crippen molar-refractivity contribution in [2.45, 2.75) is 11.8 Å². The van der Waals surface area contributed by atoms with Crippen LogP contribution < -0.4 is 4.90 Å². The van der Waals surface area contributed by atoms with E-state index >= 15 is 0 Å². The Bertz CT molecular complexity index is 394. The average Bonchev–Trinajstić information content (AvgIpc) is 2.32. The molecule has 2 rings (SSSR count). The number of fused-ring (bicyclic) bond motifs is 1. The number of aliphatic hydroxyl groups excluding tert-OH is 1. The maximum atomic E-state index is 11.8. The number of aliphatic hydroxyl groups is 1. The predicted molar refractivity (Wildman–Crippen MR) is 65.8 cm³/mol. The summed E-state index contributed by atoms with van der Waals surface area (Å²) >= 11 is 1.58. The van der Waals surface area contributed by atoms with Crippen molar-refractivity contribution >= 4 is 23.4 Å². The first-order chi connectivity index (χ1) is 7.72. The number of nitrogens with zero attached hydrogens (tertiary/aromatic N) is 1. The molecule has 0 fully saturated rings. The number of rotatable bonds is 3. The van der Waals surface area contributed by atoms with Crippen LogP contribution in [0.4, 0.5) is 5.69 Å². The molecule has 0 unspecified atom stereocenters. The van der Waals surface area contributed by atoms with Crippen molar-refractivity contribution in [2.75, 3.05) is 23.8 Å². The van der Waals surface area contributed by atoms with E-state index in [1.54, 1.807) is 16.7 Å². The zero-order chi connectivity index (χ0) is 11.5. The van der Waals surface area contributed by atoms with Crippen LogP contribution >= 0.6 is 11.8 Å². The minimum atomic E-state index is 0.110. The van der Waals surface area contributed by atoms with E-state index in [0.717, 1.165) is 10.6 Å². The van der Waals surface area contributed by atoms with Crippen molar-refractivity contribution in [3.8, 4) is 0 Å². The smallest absolute Gasteiger partial charge is 0.237 e. The number of hydrogen-bond acceptors (Lipinski definition) is 3. The first-order valence-electron chi connectivity index (χ1n) is 5.35. The van der Waals surface area contributed by atoms with Crippen LogP contribution in [-0.2, 0) is 4.79 Å². The van der Waals surface area contributed by atoms with Crippen LogP contribution in [0.25, 0.3) is 0 Å². The van der Waals surface area contributed by atoms with Gasteiger partial charge in [0.15, 0.2) is 0 Å². The Kier molecular flexibility index (Phi) is 3.51. The van der Waals surface area contributed by atoms with Crippen LogP contribution in [0, 0.1) is 5.92 Å². The van der Waals surface area contributed by atoms with Crippen molar-refractivity contribution in [1.29, 1.82) is 0 Å². The third-order valence-corrected chi connectivity index (χ3v) is 3.66. The first kappa shape index (κ1) is 11.5. The van der Waals surface area contributed by atoms with Gasteiger partial charge in [0, 0.05) is 18.0 Å². The Morgan fingerprint density at radius 3 is 3.00 bits per heavy atom. The zero-order valence-corrected chi connectivity index (χ0v) is 10.0. The summed E-state index contributed by atoms with van der Waals surface area (Å²) in [5, 5.41) is 9.06. The maximum Gasteiger partial charge on any atom is 0.237 e. The van der Waals surface area contributed by atoms with Gasteiger partial charge in [-0.1, -0.05) is 19.1 Å². The van der Waals surface area contributed by atoms with Gasteiger partial charge in [-0.3, -0.25) is 4.79 Å². The van der Waals surface area contributed by atoms with E-state index in [9.17, 15) is 4.79 Å². The molecule has 0 spiro atoms. The summed E-state index contributed by atoms with van der Waals surface area (Å²) in [5.74, 6) is 0.735. The van der Waals surface area contributed by atoms with Crippen molar-refractivity contribution in [2.24, 2.45) is 5.92 Å². The van der Waals surface area contributed by atoms with Gasteiger partial charge in [-0.15, -0.1) is 11.8 Å². The van der Waals surface area contributed by atoms with Gasteiger partial charge < -0.3 is 10.0 Å². The van der Waals surface area contributed by atoms with Gasteiger partial charge in [0.2, 0.25) is 5.91 Å². The van der Waals surface area contributed by atoms with Gasteiger partial charge in [-0.05, 0) is 18.1 Å². The number of para-hydroxylation sites is 1.